The highest BCUT2D eigenvalue weighted by atomic mass is 16.5. The van der Waals surface area contributed by atoms with Gasteiger partial charge in [0.1, 0.15) is 17.1 Å². The lowest BCUT2D eigenvalue weighted by Crippen LogP contribution is -2.47. The third-order valence-corrected chi connectivity index (χ3v) is 4.99. The van der Waals surface area contributed by atoms with Crippen molar-refractivity contribution < 1.29 is 19.7 Å². The van der Waals surface area contributed by atoms with Crippen LogP contribution in [0.5, 0.6) is 11.5 Å². The molecule has 2 unspecified atom stereocenters. The van der Waals surface area contributed by atoms with E-state index in [1.807, 2.05) is 34.6 Å². The van der Waals surface area contributed by atoms with Gasteiger partial charge in [0.15, 0.2) is 0 Å². The van der Waals surface area contributed by atoms with Crippen molar-refractivity contribution in [2.24, 2.45) is 5.92 Å². The van der Waals surface area contributed by atoms with Crippen LogP contribution in [-0.4, -0.2) is 21.8 Å². The van der Waals surface area contributed by atoms with Crippen LogP contribution in [0.1, 0.15) is 48.9 Å². The maximum atomic E-state index is 11.5. The number of rotatable bonds is 3. The first kappa shape index (κ1) is 15.7. The second-order valence-corrected chi connectivity index (χ2v) is 6.25. The zero-order valence-corrected chi connectivity index (χ0v) is 13.4. The monoisotopic (exact) mass is 292 g/mol. The molecule has 0 saturated heterocycles. The van der Waals surface area contributed by atoms with Gasteiger partial charge in [0, 0.05) is 5.56 Å². The molecule has 1 aliphatic heterocycles. The summed E-state index contributed by atoms with van der Waals surface area (Å²) >= 11 is 0. The quantitative estimate of drug-likeness (QED) is 0.894. The van der Waals surface area contributed by atoms with Gasteiger partial charge >= 0.3 is 5.97 Å². The Balaban J connectivity index is 2.52. The molecule has 4 heteroatoms. The molecule has 0 saturated carbocycles. The second kappa shape index (κ2) is 5.24. The molecule has 21 heavy (non-hydrogen) atoms. The Labute approximate surface area is 125 Å². The van der Waals surface area contributed by atoms with E-state index in [0.29, 0.717) is 18.6 Å². The van der Waals surface area contributed by atoms with Crippen LogP contribution in [0.25, 0.3) is 0 Å². The molecule has 2 rings (SSSR count). The molecule has 4 nitrogen and oxygen atoms in total. The molecule has 0 radical (unpaired) electrons. The van der Waals surface area contributed by atoms with Crippen molar-refractivity contribution in [1.29, 1.82) is 0 Å². The number of hydrogen-bond donors (Lipinski definition) is 2. The summed E-state index contributed by atoms with van der Waals surface area (Å²) in [6.07, 6.45) is 1.92. The van der Waals surface area contributed by atoms with Gasteiger partial charge in [0.25, 0.3) is 0 Å². The number of phenolic OH excluding ortho intramolecular Hbond substituents is 1. The number of hydrogen-bond acceptors (Lipinski definition) is 3. The molecule has 1 aliphatic rings. The van der Waals surface area contributed by atoms with Crippen molar-refractivity contribution >= 4 is 5.97 Å². The minimum atomic E-state index is -0.812. The van der Waals surface area contributed by atoms with Gasteiger partial charge in [-0.1, -0.05) is 6.92 Å². The van der Waals surface area contributed by atoms with Crippen molar-refractivity contribution in [2.45, 2.75) is 59.5 Å². The van der Waals surface area contributed by atoms with Crippen LogP contribution in [0.4, 0.5) is 0 Å². The summed E-state index contributed by atoms with van der Waals surface area (Å²) in [5.41, 5.74) is 2.86. The minimum absolute atomic E-state index is 0.323. The Morgan fingerprint density at radius 1 is 1.29 bits per heavy atom. The van der Waals surface area contributed by atoms with Crippen molar-refractivity contribution in [3.05, 3.63) is 22.3 Å². The predicted octanol–water partition coefficient (Wildman–Crippen LogP) is 3.51. The lowest BCUT2D eigenvalue weighted by Gasteiger charge is -2.41. The highest BCUT2D eigenvalue weighted by Gasteiger charge is 2.43. The zero-order chi connectivity index (χ0) is 15.9. The summed E-state index contributed by atoms with van der Waals surface area (Å²) in [5, 5.41) is 19.6. The Bertz CT molecular complexity index is 591. The van der Waals surface area contributed by atoms with Crippen LogP contribution in [0.2, 0.25) is 0 Å². The molecule has 0 amide bonds. The van der Waals surface area contributed by atoms with E-state index in [-0.39, 0.29) is 0 Å². The van der Waals surface area contributed by atoms with E-state index >= 15 is 0 Å². The number of benzene rings is 1. The zero-order valence-electron chi connectivity index (χ0n) is 13.4. The third-order valence-electron chi connectivity index (χ3n) is 4.99. The first-order chi connectivity index (χ1) is 9.73. The topological polar surface area (TPSA) is 66.8 Å². The Kier molecular flexibility index (Phi) is 3.91. The normalized spacial score (nSPS) is 22.3. The summed E-state index contributed by atoms with van der Waals surface area (Å²) in [6, 6.07) is 0. The minimum Gasteiger partial charge on any atom is -0.507 e. The molecule has 0 aromatic heterocycles. The number of carbonyl (C=O) groups is 1. The first-order valence-electron chi connectivity index (χ1n) is 7.46. The van der Waals surface area contributed by atoms with E-state index in [2.05, 4.69) is 0 Å². The number of aliphatic carboxylic acids is 1. The molecule has 116 valence electrons. The summed E-state index contributed by atoms with van der Waals surface area (Å²) in [5.74, 6) is -0.257. The fourth-order valence-electron chi connectivity index (χ4n) is 3.38. The van der Waals surface area contributed by atoms with Gasteiger partial charge in [-0.2, -0.15) is 0 Å². The molecule has 1 heterocycles. The van der Waals surface area contributed by atoms with Gasteiger partial charge in [0.2, 0.25) is 0 Å². The standard InChI is InChI=1S/C17H24O4/c1-6-13(16(19)20)17(5)8-7-12-11(4)14(18)9(2)10(3)15(12)21-17/h13,18H,6-8H2,1-5H3,(H,19,20). The van der Waals surface area contributed by atoms with Gasteiger partial charge in [0.05, 0.1) is 5.92 Å². The van der Waals surface area contributed by atoms with E-state index in [0.717, 1.165) is 34.4 Å². The molecular formula is C17H24O4. The third kappa shape index (κ3) is 2.37. The number of carboxylic acids is 1. The second-order valence-electron chi connectivity index (χ2n) is 6.25. The van der Waals surface area contributed by atoms with Crippen molar-refractivity contribution in [3.8, 4) is 11.5 Å². The van der Waals surface area contributed by atoms with Crippen LogP contribution < -0.4 is 4.74 Å². The van der Waals surface area contributed by atoms with Gasteiger partial charge < -0.3 is 14.9 Å². The predicted molar refractivity (Wildman–Crippen MR) is 81.1 cm³/mol. The lowest BCUT2D eigenvalue weighted by molar-refractivity contribution is -0.150. The fraction of sp³-hybridized carbons (Fsp3) is 0.588. The number of ether oxygens (including phenoxy) is 1. The fourth-order valence-corrected chi connectivity index (χ4v) is 3.38. The number of aromatic hydroxyl groups is 1. The summed E-state index contributed by atoms with van der Waals surface area (Å²) < 4.78 is 6.19. The van der Waals surface area contributed by atoms with Crippen molar-refractivity contribution in [3.63, 3.8) is 0 Å². The summed E-state index contributed by atoms with van der Waals surface area (Å²) in [4.78, 5) is 11.5. The Morgan fingerprint density at radius 3 is 2.43 bits per heavy atom. The van der Waals surface area contributed by atoms with E-state index in [9.17, 15) is 15.0 Å². The van der Waals surface area contributed by atoms with Crippen molar-refractivity contribution in [2.75, 3.05) is 0 Å². The van der Waals surface area contributed by atoms with Crippen molar-refractivity contribution in [1.82, 2.24) is 0 Å². The van der Waals surface area contributed by atoms with Crippen LogP contribution in [-0.2, 0) is 11.2 Å². The highest BCUT2D eigenvalue weighted by molar-refractivity contribution is 5.72. The van der Waals surface area contributed by atoms with Gasteiger partial charge in [-0.05, 0) is 63.6 Å². The molecule has 0 bridgehead atoms. The maximum absolute atomic E-state index is 11.5. The summed E-state index contributed by atoms with van der Waals surface area (Å²) in [7, 11) is 0. The molecule has 0 spiro atoms. The molecule has 2 atom stereocenters. The molecule has 0 fully saturated rings. The van der Waals surface area contributed by atoms with E-state index < -0.39 is 17.5 Å². The first-order valence-corrected chi connectivity index (χ1v) is 7.46. The number of fused-ring (bicyclic) bond motifs is 1. The highest BCUT2D eigenvalue weighted by Crippen LogP contribution is 2.45. The molecule has 2 N–H and O–H groups in total. The average Bonchev–Trinajstić information content (AvgIpc) is 2.42. The maximum Gasteiger partial charge on any atom is 0.310 e. The van der Waals surface area contributed by atoms with Crippen LogP contribution in [0.3, 0.4) is 0 Å². The SMILES string of the molecule is CCC(C(=O)O)C1(C)CCc2c(C)c(O)c(C)c(C)c2O1. The van der Waals surface area contributed by atoms with Crippen LogP contribution in [0.15, 0.2) is 0 Å². The van der Waals surface area contributed by atoms with Gasteiger partial charge in [-0.15, -0.1) is 0 Å². The molecule has 0 aliphatic carbocycles. The van der Waals surface area contributed by atoms with Gasteiger partial charge in [-0.25, -0.2) is 0 Å². The Hall–Kier alpha value is -1.71. The molecule has 1 aromatic rings. The smallest absolute Gasteiger partial charge is 0.310 e. The van der Waals surface area contributed by atoms with E-state index in [1.165, 1.54) is 0 Å². The summed E-state index contributed by atoms with van der Waals surface area (Å²) in [6.45, 7) is 9.43. The van der Waals surface area contributed by atoms with E-state index in [1.54, 1.807) is 0 Å². The van der Waals surface area contributed by atoms with E-state index in [4.69, 9.17) is 4.74 Å². The molecular weight excluding hydrogens is 268 g/mol. The number of phenols is 1. The van der Waals surface area contributed by atoms with Crippen LogP contribution in [0, 0.1) is 26.7 Å². The average molecular weight is 292 g/mol. The lowest BCUT2D eigenvalue weighted by atomic mass is 9.79. The molecule has 1 aromatic carbocycles. The Morgan fingerprint density at radius 2 is 1.90 bits per heavy atom. The largest absolute Gasteiger partial charge is 0.507 e. The van der Waals surface area contributed by atoms with Crippen LogP contribution >= 0.6 is 0 Å². The number of carboxylic acid groups (broad SMARTS) is 1. The van der Waals surface area contributed by atoms with Gasteiger partial charge in [-0.3, -0.25) is 4.79 Å².